The van der Waals surface area contributed by atoms with Crippen LogP contribution in [0.1, 0.15) is 33.6 Å². The number of nitrogens with two attached hydrogens (primary N) is 1. The van der Waals surface area contributed by atoms with Gasteiger partial charge in [-0.1, -0.05) is 6.92 Å². The molecule has 0 radical (unpaired) electrons. The Hall–Kier alpha value is -0.120. The fourth-order valence-electron chi connectivity index (χ4n) is 1.15. The van der Waals surface area contributed by atoms with E-state index in [0.717, 1.165) is 12.8 Å². The molecule has 0 aromatic heterocycles. The largest absolute Gasteiger partial charge is 0.396 e. The highest BCUT2D eigenvalue weighted by Gasteiger charge is 2.18. The average Bonchev–Trinajstić information content (AvgIpc) is 2.03. The molecule has 0 aliphatic heterocycles. The molecule has 0 saturated heterocycles. The van der Waals surface area contributed by atoms with E-state index in [1.165, 1.54) is 0 Å². The van der Waals surface area contributed by atoms with E-state index in [9.17, 15) is 0 Å². The Morgan fingerprint density at radius 1 is 1.50 bits per heavy atom. The van der Waals surface area contributed by atoms with Crippen LogP contribution in [0.2, 0.25) is 0 Å². The molecule has 0 fully saturated rings. The Labute approximate surface area is 75.3 Å². The number of hydrogen-bond acceptors (Lipinski definition) is 3. The molecule has 3 heteroatoms. The van der Waals surface area contributed by atoms with E-state index in [2.05, 4.69) is 26.1 Å². The Bertz CT molecular complexity index is 115. The summed E-state index contributed by atoms with van der Waals surface area (Å²) in [4.78, 5) is 0. The predicted octanol–water partition coefficient (Wildman–Crippen LogP) is 0.474. The quantitative estimate of drug-likeness (QED) is 0.549. The molecule has 0 aliphatic carbocycles. The molecule has 0 spiro atoms. The molecule has 0 saturated carbocycles. The van der Waals surface area contributed by atoms with Crippen LogP contribution in [-0.2, 0) is 0 Å². The highest BCUT2D eigenvalue weighted by molar-refractivity contribution is 4.82. The lowest BCUT2D eigenvalue weighted by molar-refractivity contribution is 0.240. The zero-order valence-corrected chi connectivity index (χ0v) is 8.43. The van der Waals surface area contributed by atoms with Crippen LogP contribution in [0.3, 0.4) is 0 Å². The van der Waals surface area contributed by atoms with Crippen molar-refractivity contribution >= 4 is 0 Å². The summed E-state index contributed by atoms with van der Waals surface area (Å²) in [6.07, 6.45) is 1.84. The van der Waals surface area contributed by atoms with Crippen LogP contribution in [0.25, 0.3) is 0 Å². The van der Waals surface area contributed by atoms with Crippen LogP contribution in [0.5, 0.6) is 0 Å². The lowest BCUT2D eigenvalue weighted by Crippen LogP contribution is -2.50. The first-order chi connectivity index (χ1) is 5.55. The van der Waals surface area contributed by atoms with Gasteiger partial charge in [0.2, 0.25) is 0 Å². The summed E-state index contributed by atoms with van der Waals surface area (Å²) in [6, 6.07) is 0.383. The highest BCUT2D eigenvalue weighted by atomic mass is 16.3. The maximum atomic E-state index is 8.77. The molecule has 0 aromatic carbocycles. The number of rotatable bonds is 6. The van der Waals surface area contributed by atoms with E-state index in [1.54, 1.807) is 0 Å². The molecule has 12 heavy (non-hydrogen) atoms. The number of aliphatic hydroxyl groups is 1. The molecule has 0 bridgehead atoms. The van der Waals surface area contributed by atoms with Crippen molar-refractivity contribution in [3.63, 3.8) is 0 Å². The van der Waals surface area contributed by atoms with Gasteiger partial charge in [-0.25, -0.2) is 0 Å². The van der Waals surface area contributed by atoms with E-state index in [-0.39, 0.29) is 12.1 Å². The SMILES string of the molecule is CCC(CCO)NC(C)(C)CN. The van der Waals surface area contributed by atoms with Crippen molar-refractivity contribution < 1.29 is 5.11 Å². The molecule has 74 valence electrons. The number of aliphatic hydroxyl groups excluding tert-OH is 1. The molecule has 1 unspecified atom stereocenters. The standard InChI is InChI=1S/C9H22N2O/c1-4-8(5-6-12)11-9(2,3)7-10/h8,11-12H,4-7,10H2,1-3H3. The van der Waals surface area contributed by atoms with Gasteiger partial charge in [0, 0.05) is 24.7 Å². The molecular weight excluding hydrogens is 152 g/mol. The Morgan fingerprint density at radius 3 is 2.42 bits per heavy atom. The summed E-state index contributed by atoms with van der Waals surface area (Å²) in [6.45, 7) is 7.13. The molecule has 0 rings (SSSR count). The van der Waals surface area contributed by atoms with Crippen LogP contribution >= 0.6 is 0 Å². The van der Waals surface area contributed by atoms with E-state index in [1.807, 2.05) is 0 Å². The Balaban J connectivity index is 3.83. The number of hydrogen-bond donors (Lipinski definition) is 3. The fraction of sp³-hybridized carbons (Fsp3) is 1.00. The zero-order valence-electron chi connectivity index (χ0n) is 8.43. The van der Waals surface area contributed by atoms with Crippen molar-refractivity contribution in [3.05, 3.63) is 0 Å². The van der Waals surface area contributed by atoms with Gasteiger partial charge in [-0.2, -0.15) is 0 Å². The van der Waals surface area contributed by atoms with Gasteiger partial charge in [0.1, 0.15) is 0 Å². The van der Waals surface area contributed by atoms with Gasteiger partial charge in [-0.15, -0.1) is 0 Å². The average molecular weight is 174 g/mol. The third-order valence-electron chi connectivity index (χ3n) is 2.08. The fourth-order valence-corrected chi connectivity index (χ4v) is 1.15. The van der Waals surface area contributed by atoms with Crippen LogP contribution in [-0.4, -0.2) is 29.8 Å². The lowest BCUT2D eigenvalue weighted by Gasteiger charge is -2.30. The third kappa shape index (κ3) is 4.70. The summed E-state index contributed by atoms with van der Waals surface area (Å²) in [5.41, 5.74) is 5.56. The summed E-state index contributed by atoms with van der Waals surface area (Å²) in [5, 5.41) is 12.2. The Morgan fingerprint density at radius 2 is 2.08 bits per heavy atom. The minimum atomic E-state index is -0.0180. The topological polar surface area (TPSA) is 58.3 Å². The second-order valence-electron chi connectivity index (χ2n) is 3.85. The molecule has 0 amide bonds. The number of nitrogens with one attached hydrogen (secondary N) is 1. The van der Waals surface area contributed by atoms with Crippen LogP contribution in [0.15, 0.2) is 0 Å². The van der Waals surface area contributed by atoms with Gasteiger partial charge in [0.05, 0.1) is 0 Å². The predicted molar refractivity (Wildman–Crippen MR) is 52.1 cm³/mol. The van der Waals surface area contributed by atoms with Crippen LogP contribution < -0.4 is 11.1 Å². The maximum Gasteiger partial charge on any atom is 0.0445 e. The van der Waals surface area contributed by atoms with Crippen molar-refractivity contribution in [2.45, 2.75) is 45.2 Å². The lowest BCUT2D eigenvalue weighted by atomic mass is 10.0. The van der Waals surface area contributed by atoms with Gasteiger partial charge in [0.15, 0.2) is 0 Å². The summed E-state index contributed by atoms with van der Waals surface area (Å²) < 4.78 is 0. The monoisotopic (exact) mass is 174 g/mol. The van der Waals surface area contributed by atoms with Gasteiger partial charge in [-0.05, 0) is 26.7 Å². The third-order valence-corrected chi connectivity index (χ3v) is 2.08. The van der Waals surface area contributed by atoms with Gasteiger partial charge >= 0.3 is 0 Å². The highest BCUT2D eigenvalue weighted by Crippen LogP contribution is 2.05. The van der Waals surface area contributed by atoms with Gasteiger partial charge in [-0.3, -0.25) is 0 Å². The second kappa shape index (κ2) is 5.51. The first-order valence-electron chi connectivity index (χ1n) is 4.64. The van der Waals surface area contributed by atoms with Crippen molar-refractivity contribution in [3.8, 4) is 0 Å². The van der Waals surface area contributed by atoms with Crippen molar-refractivity contribution in [2.75, 3.05) is 13.2 Å². The van der Waals surface area contributed by atoms with Crippen molar-refractivity contribution in [2.24, 2.45) is 5.73 Å². The normalized spacial score (nSPS) is 14.8. The minimum absolute atomic E-state index is 0.0180. The summed E-state index contributed by atoms with van der Waals surface area (Å²) in [7, 11) is 0. The molecule has 0 heterocycles. The molecule has 0 aliphatic rings. The Kier molecular flexibility index (Phi) is 5.46. The van der Waals surface area contributed by atoms with Crippen LogP contribution in [0, 0.1) is 0 Å². The second-order valence-corrected chi connectivity index (χ2v) is 3.85. The van der Waals surface area contributed by atoms with E-state index in [0.29, 0.717) is 12.6 Å². The molecular formula is C9H22N2O. The molecule has 4 N–H and O–H groups in total. The molecule has 0 aromatic rings. The maximum absolute atomic E-state index is 8.77. The van der Waals surface area contributed by atoms with Crippen LogP contribution in [0.4, 0.5) is 0 Å². The van der Waals surface area contributed by atoms with Gasteiger partial charge in [0.25, 0.3) is 0 Å². The zero-order chi connectivity index (χ0) is 9.61. The smallest absolute Gasteiger partial charge is 0.0445 e. The molecule has 1 atom stereocenters. The minimum Gasteiger partial charge on any atom is -0.396 e. The summed E-state index contributed by atoms with van der Waals surface area (Å²) >= 11 is 0. The first-order valence-corrected chi connectivity index (χ1v) is 4.64. The van der Waals surface area contributed by atoms with E-state index in [4.69, 9.17) is 10.8 Å². The summed E-state index contributed by atoms with van der Waals surface area (Å²) in [5.74, 6) is 0. The van der Waals surface area contributed by atoms with Crippen molar-refractivity contribution in [1.29, 1.82) is 0 Å². The van der Waals surface area contributed by atoms with E-state index >= 15 is 0 Å². The van der Waals surface area contributed by atoms with E-state index < -0.39 is 0 Å². The van der Waals surface area contributed by atoms with Crippen molar-refractivity contribution in [1.82, 2.24) is 5.32 Å². The first kappa shape index (κ1) is 11.9. The molecule has 3 nitrogen and oxygen atoms in total. The van der Waals surface area contributed by atoms with Gasteiger partial charge < -0.3 is 16.2 Å².